The third-order valence-electron chi connectivity index (χ3n) is 2.81. The predicted octanol–water partition coefficient (Wildman–Crippen LogP) is 1.35. The van der Waals surface area contributed by atoms with Gasteiger partial charge in [0, 0.05) is 11.1 Å². The van der Waals surface area contributed by atoms with Crippen LogP contribution in [-0.4, -0.2) is 22.0 Å². The van der Waals surface area contributed by atoms with Crippen molar-refractivity contribution in [1.82, 2.24) is 10.3 Å². The summed E-state index contributed by atoms with van der Waals surface area (Å²) in [5.41, 5.74) is 0.931. The summed E-state index contributed by atoms with van der Waals surface area (Å²) in [7, 11) is 0. The maximum absolute atomic E-state index is 11.7. The van der Waals surface area contributed by atoms with E-state index in [1.807, 2.05) is 19.2 Å². The monoisotopic (exact) mass is 254 g/mol. The Morgan fingerprint density at radius 1 is 1.59 bits per heavy atom. The third kappa shape index (κ3) is 2.63. The van der Waals surface area contributed by atoms with E-state index in [0.717, 1.165) is 10.7 Å². The Balaban J connectivity index is 1.90. The van der Waals surface area contributed by atoms with Crippen LogP contribution < -0.4 is 5.32 Å². The minimum atomic E-state index is -0.886. The van der Waals surface area contributed by atoms with E-state index in [1.54, 1.807) is 0 Å². The summed E-state index contributed by atoms with van der Waals surface area (Å²) in [5.74, 6) is -1.93. The van der Waals surface area contributed by atoms with Crippen molar-refractivity contribution >= 4 is 23.2 Å². The van der Waals surface area contributed by atoms with E-state index >= 15 is 0 Å². The molecular weight excluding hydrogens is 240 g/mol. The molecule has 1 heterocycles. The highest BCUT2D eigenvalue weighted by Gasteiger charge is 2.48. The molecule has 5 nitrogen and oxygen atoms in total. The molecule has 1 fully saturated rings. The Bertz CT molecular complexity index is 457. The van der Waals surface area contributed by atoms with Crippen LogP contribution in [0.15, 0.2) is 5.38 Å². The Morgan fingerprint density at radius 3 is 2.76 bits per heavy atom. The molecule has 0 aliphatic heterocycles. The second-order valence-electron chi connectivity index (χ2n) is 4.34. The molecule has 1 aliphatic carbocycles. The van der Waals surface area contributed by atoms with Crippen LogP contribution in [0.4, 0.5) is 0 Å². The number of amides is 1. The third-order valence-corrected chi connectivity index (χ3v) is 3.96. The minimum absolute atomic E-state index is 0.156. The van der Waals surface area contributed by atoms with Crippen LogP contribution in [0.1, 0.15) is 30.1 Å². The average molecular weight is 254 g/mol. The number of aryl methyl sites for hydroxylation is 1. The van der Waals surface area contributed by atoms with Crippen molar-refractivity contribution in [2.45, 2.75) is 26.3 Å². The lowest BCUT2D eigenvalue weighted by Gasteiger charge is -2.10. The number of carboxylic acids is 1. The number of rotatable bonds is 4. The number of aromatic nitrogens is 1. The molecule has 0 radical (unpaired) electrons. The Hall–Kier alpha value is -1.43. The fourth-order valence-corrected chi connectivity index (χ4v) is 2.51. The predicted molar refractivity (Wildman–Crippen MR) is 62.6 cm³/mol. The molecular formula is C11H14N2O3S. The van der Waals surface area contributed by atoms with E-state index < -0.39 is 11.9 Å². The summed E-state index contributed by atoms with van der Waals surface area (Å²) in [5, 5.41) is 14.3. The van der Waals surface area contributed by atoms with E-state index in [-0.39, 0.29) is 17.9 Å². The van der Waals surface area contributed by atoms with Crippen LogP contribution >= 0.6 is 11.3 Å². The van der Waals surface area contributed by atoms with Gasteiger partial charge < -0.3 is 10.4 Å². The molecule has 17 heavy (non-hydrogen) atoms. The highest BCUT2D eigenvalue weighted by atomic mass is 32.1. The lowest BCUT2D eigenvalue weighted by molar-refractivity contribution is -0.140. The van der Waals surface area contributed by atoms with Crippen LogP contribution in [0, 0.1) is 18.8 Å². The summed E-state index contributed by atoms with van der Waals surface area (Å²) in [6.07, 6.45) is 0.449. The van der Waals surface area contributed by atoms with Crippen molar-refractivity contribution in [3.63, 3.8) is 0 Å². The van der Waals surface area contributed by atoms with Gasteiger partial charge in [0.25, 0.3) is 0 Å². The van der Waals surface area contributed by atoms with E-state index in [0.29, 0.717) is 6.42 Å². The lowest BCUT2D eigenvalue weighted by atomic mass is 10.2. The number of aliphatic carboxylic acids is 1. The van der Waals surface area contributed by atoms with E-state index in [1.165, 1.54) is 11.3 Å². The molecule has 3 unspecified atom stereocenters. The van der Waals surface area contributed by atoms with Crippen LogP contribution in [0.2, 0.25) is 0 Å². The molecule has 0 spiro atoms. The SMILES string of the molecule is Cc1csc(C(C)NC(=O)C2CC2C(=O)O)n1. The van der Waals surface area contributed by atoms with Gasteiger partial charge in [0.15, 0.2) is 0 Å². The molecule has 1 aromatic heterocycles. The van der Waals surface area contributed by atoms with Gasteiger partial charge >= 0.3 is 5.97 Å². The van der Waals surface area contributed by atoms with Crippen LogP contribution in [0.3, 0.4) is 0 Å². The molecule has 1 saturated carbocycles. The molecule has 2 rings (SSSR count). The molecule has 92 valence electrons. The first kappa shape index (κ1) is 12.0. The number of hydrogen-bond donors (Lipinski definition) is 2. The Morgan fingerprint density at radius 2 is 2.29 bits per heavy atom. The van der Waals surface area contributed by atoms with Crippen molar-refractivity contribution < 1.29 is 14.7 Å². The summed E-state index contributed by atoms with van der Waals surface area (Å²) in [6, 6.07) is -0.156. The first-order valence-corrected chi connectivity index (χ1v) is 6.32. The average Bonchev–Trinajstić information content (AvgIpc) is 2.95. The summed E-state index contributed by atoms with van der Waals surface area (Å²) >= 11 is 1.50. The first-order chi connectivity index (χ1) is 7.99. The number of hydrogen-bond acceptors (Lipinski definition) is 4. The van der Waals surface area contributed by atoms with Gasteiger partial charge in [-0.25, -0.2) is 4.98 Å². The van der Waals surface area contributed by atoms with Crippen molar-refractivity contribution in [3.05, 3.63) is 16.1 Å². The molecule has 1 amide bonds. The zero-order valence-electron chi connectivity index (χ0n) is 9.64. The first-order valence-electron chi connectivity index (χ1n) is 5.44. The maximum atomic E-state index is 11.7. The number of thiazole rings is 1. The largest absolute Gasteiger partial charge is 0.481 e. The van der Waals surface area contributed by atoms with Crippen molar-refractivity contribution in [1.29, 1.82) is 0 Å². The zero-order valence-corrected chi connectivity index (χ0v) is 10.5. The molecule has 0 aromatic carbocycles. The van der Waals surface area contributed by atoms with Gasteiger partial charge in [0.1, 0.15) is 5.01 Å². The van der Waals surface area contributed by atoms with E-state index in [4.69, 9.17) is 5.11 Å². The van der Waals surface area contributed by atoms with Gasteiger partial charge in [-0.2, -0.15) is 0 Å². The van der Waals surface area contributed by atoms with Gasteiger partial charge in [-0.05, 0) is 20.3 Å². The normalized spacial score (nSPS) is 24.1. The minimum Gasteiger partial charge on any atom is -0.481 e. The standard InChI is InChI=1S/C11H14N2O3S/c1-5-4-17-10(12-5)6(2)13-9(14)7-3-8(7)11(15)16/h4,6-8H,3H2,1-2H3,(H,13,14)(H,15,16). The highest BCUT2D eigenvalue weighted by Crippen LogP contribution is 2.39. The van der Waals surface area contributed by atoms with Crippen LogP contribution in [0.5, 0.6) is 0 Å². The molecule has 0 bridgehead atoms. The summed E-state index contributed by atoms with van der Waals surface area (Å²) < 4.78 is 0. The van der Waals surface area contributed by atoms with Gasteiger partial charge in [-0.1, -0.05) is 0 Å². The smallest absolute Gasteiger partial charge is 0.307 e. The van der Waals surface area contributed by atoms with Gasteiger partial charge in [-0.3, -0.25) is 9.59 Å². The number of nitrogens with zero attached hydrogens (tertiary/aromatic N) is 1. The quantitative estimate of drug-likeness (QED) is 0.850. The second kappa shape index (κ2) is 4.44. The molecule has 6 heteroatoms. The lowest BCUT2D eigenvalue weighted by Crippen LogP contribution is -2.29. The van der Waals surface area contributed by atoms with E-state index in [2.05, 4.69) is 10.3 Å². The number of carbonyl (C=O) groups excluding carboxylic acids is 1. The molecule has 1 aliphatic rings. The fourth-order valence-electron chi connectivity index (χ4n) is 1.71. The highest BCUT2D eigenvalue weighted by molar-refractivity contribution is 7.09. The van der Waals surface area contributed by atoms with Crippen molar-refractivity contribution in [2.24, 2.45) is 11.8 Å². The Kier molecular flexibility index (Phi) is 3.15. The maximum Gasteiger partial charge on any atom is 0.307 e. The van der Waals surface area contributed by atoms with Crippen LogP contribution in [0.25, 0.3) is 0 Å². The number of carbonyl (C=O) groups is 2. The molecule has 1 aromatic rings. The molecule has 2 N–H and O–H groups in total. The number of carboxylic acid groups (broad SMARTS) is 1. The van der Waals surface area contributed by atoms with Gasteiger partial charge in [0.05, 0.1) is 17.9 Å². The second-order valence-corrected chi connectivity index (χ2v) is 5.23. The van der Waals surface area contributed by atoms with Gasteiger partial charge in [-0.15, -0.1) is 11.3 Å². The molecule has 0 saturated heterocycles. The van der Waals surface area contributed by atoms with Crippen molar-refractivity contribution in [3.8, 4) is 0 Å². The Labute approximate surface area is 103 Å². The summed E-state index contributed by atoms with van der Waals surface area (Å²) in [6.45, 7) is 3.75. The fraction of sp³-hybridized carbons (Fsp3) is 0.545. The van der Waals surface area contributed by atoms with E-state index in [9.17, 15) is 9.59 Å². The summed E-state index contributed by atoms with van der Waals surface area (Å²) in [4.78, 5) is 26.6. The van der Waals surface area contributed by atoms with Gasteiger partial charge in [0.2, 0.25) is 5.91 Å². The topological polar surface area (TPSA) is 79.3 Å². The molecule has 3 atom stereocenters. The van der Waals surface area contributed by atoms with Crippen molar-refractivity contribution in [2.75, 3.05) is 0 Å². The van der Waals surface area contributed by atoms with Crippen LogP contribution in [-0.2, 0) is 9.59 Å². The zero-order chi connectivity index (χ0) is 12.6. The number of nitrogens with one attached hydrogen (secondary N) is 1.